The number of carbonyl (C=O) groups is 2. The lowest BCUT2D eigenvalue weighted by atomic mass is 10.1. The van der Waals surface area contributed by atoms with E-state index in [0.717, 1.165) is 18.2 Å². The lowest BCUT2D eigenvalue weighted by Gasteiger charge is -2.07. The Morgan fingerprint density at radius 3 is 2.15 bits per heavy atom. The van der Waals surface area contributed by atoms with E-state index in [1.54, 1.807) is 0 Å². The van der Waals surface area contributed by atoms with Crippen molar-refractivity contribution in [2.45, 2.75) is 0 Å². The van der Waals surface area contributed by atoms with Crippen LogP contribution in [0.1, 0.15) is 20.8 Å². The van der Waals surface area contributed by atoms with Gasteiger partial charge >= 0.3 is 5.69 Å². The number of H-pyrrole nitrogens is 2. The van der Waals surface area contributed by atoms with Crippen LogP contribution in [0.5, 0.6) is 0 Å². The van der Waals surface area contributed by atoms with Crippen molar-refractivity contribution in [1.82, 2.24) is 20.8 Å². The molecule has 0 aliphatic rings. The summed E-state index contributed by atoms with van der Waals surface area (Å²) in [5, 5.41) is 21.6. The van der Waals surface area contributed by atoms with Crippen LogP contribution in [0.25, 0.3) is 0 Å². The number of nitro benzene ring substituents is 2. The van der Waals surface area contributed by atoms with Crippen molar-refractivity contribution in [3.8, 4) is 0 Å². The monoisotopic (exact) mass is 364 g/mol. The Bertz CT molecular complexity index is 1010. The average molecular weight is 364 g/mol. The number of nitrogens with one attached hydrogen (secondary N) is 4. The van der Waals surface area contributed by atoms with Gasteiger partial charge in [-0.3, -0.25) is 50.4 Å². The second-order valence-corrected chi connectivity index (χ2v) is 4.63. The molecule has 134 valence electrons. The number of rotatable bonds is 4. The molecule has 0 atom stereocenters. The number of benzene rings is 1. The average Bonchev–Trinajstić information content (AvgIpc) is 2.57. The molecule has 0 aliphatic heterocycles. The summed E-state index contributed by atoms with van der Waals surface area (Å²) in [6, 6.07) is 3.05. The van der Waals surface area contributed by atoms with Crippen molar-refractivity contribution in [3.05, 3.63) is 76.6 Å². The molecular formula is C12H8N6O8. The van der Waals surface area contributed by atoms with Gasteiger partial charge in [0.25, 0.3) is 28.7 Å². The summed E-state index contributed by atoms with van der Waals surface area (Å²) in [5.41, 5.74) is -0.633. The van der Waals surface area contributed by atoms with E-state index < -0.39 is 55.5 Å². The number of hydrazine groups is 1. The highest BCUT2D eigenvalue weighted by Gasteiger charge is 2.24. The van der Waals surface area contributed by atoms with Crippen molar-refractivity contribution in [2.24, 2.45) is 0 Å². The molecule has 2 amide bonds. The zero-order chi connectivity index (χ0) is 19.4. The standard InChI is InChI=1S/C12H8N6O8/c19-9-4-7(13-12(22)14-9)11(21)16-15-10(20)6-2-1-5(17(23)24)3-8(6)18(25)26/h1-4H,(H,15,20)(H,16,21)(H2,13,14,19,22). The Labute approximate surface area is 141 Å². The van der Waals surface area contributed by atoms with E-state index in [-0.39, 0.29) is 0 Å². The molecule has 4 N–H and O–H groups in total. The molecule has 1 aromatic carbocycles. The molecule has 0 unspecified atom stereocenters. The van der Waals surface area contributed by atoms with E-state index in [2.05, 4.69) is 0 Å². The number of hydrogen-bond donors (Lipinski definition) is 4. The van der Waals surface area contributed by atoms with Gasteiger partial charge in [-0.2, -0.15) is 0 Å². The van der Waals surface area contributed by atoms with Crippen molar-refractivity contribution >= 4 is 23.2 Å². The normalized spacial score (nSPS) is 10.0. The minimum Gasteiger partial charge on any atom is -0.303 e. The third-order valence-electron chi connectivity index (χ3n) is 2.93. The van der Waals surface area contributed by atoms with Crippen molar-refractivity contribution in [2.75, 3.05) is 0 Å². The molecule has 0 bridgehead atoms. The van der Waals surface area contributed by atoms with Crippen LogP contribution in [0.2, 0.25) is 0 Å². The lowest BCUT2D eigenvalue weighted by molar-refractivity contribution is -0.394. The van der Waals surface area contributed by atoms with E-state index in [1.165, 1.54) is 0 Å². The number of nitrogens with zero attached hydrogens (tertiary/aromatic N) is 2. The molecule has 0 fully saturated rings. The van der Waals surface area contributed by atoms with Crippen molar-refractivity contribution in [3.63, 3.8) is 0 Å². The molecule has 0 aliphatic carbocycles. The second-order valence-electron chi connectivity index (χ2n) is 4.63. The van der Waals surface area contributed by atoms with Gasteiger partial charge in [0.2, 0.25) is 0 Å². The molecule has 14 nitrogen and oxygen atoms in total. The van der Waals surface area contributed by atoms with Gasteiger partial charge in [-0.15, -0.1) is 0 Å². The van der Waals surface area contributed by atoms with Gasteiger partial charge in [0.05, 0.1) is 15.9 Å². The van der Waals surface area contributed by atoms with Gasteiger partial charge in [0, 0.05) is 12.1 Å². The molecule has 1 aromatic heterocycles. The number of aromatic amines is 2. The topological polar surface area (TPSA) is 210 Å². The number of non-ortho nitro benzene ring substituents is 1. The van der Waals surface area contributed by atoms with E-state index in [4.69, 9.17) is 0 Å². The maximum atomic E-state index is 12.0. The van der Waals surface area contributed by atoms with Crippen LogP contribution >= 0.6 is 0 Å². The third kappa shape index (κ3) is 3.94. The lowest BCUT2D eigenvalue weighted by Crippen LogP contribution is -2.43. The molecule has 0 saturated carbocycles. The first-order valence-corrected chi connectivity index (χ1v) is 6.56. The molecule has 26 heavy (non-hydrogen) atoms. The van der Waals surface area contributed by atoms with Crippen LogP contribution in [0.4, 0.5) is 11.4 Å². The van der Waals surface area contributed by atoms with Crippen LogP contribution in [0, 0.1) is 20.2 Å². The highest BCUT2D eigenvalue weighted by atomic mass is 16.6. The second kappa shape index (κ2) is 7.04. The zero-order valence-electron chi connectivity index (χ0n) is 12.5. The van der Waals surface area contributed by atoms with Gasteiger partial charge in [-0.25, -0.2) is 4.79 Å². The predicted octanol–water partition coefficient (Wildman–Crippen LogP) is -1.05. The first kappa shape index (κ1) is 18.0. The Hall–Kier alpha value is -4.36. The van der Waals surface area contributed by atoms with Crippen LogP contribution < -0.4 is 22.1 Å². The summed E-state index contributed by atoms with van der Waals surface area (Å²) >= 11 is 0. The molecule has 0 saturated heterocycles. The minimum absolute atomic E-state index is 0.475. The smallest absolute Gasteiger partial charge is 0.303 e. The predicted molar refractivity (Wildman–Crippen MR) is 82.4 cm³/mol. The fourth-order valence-electron chi connectivity index (χ4n) is 1.82. The van der Waals surface area contributed by atoms with Crippen LogP contribution in [-0.2, 0) is 0 Å². The van der Waals surface area contributed by atoms with Crippen molar-refractivity contribution in [1.29, 1.82) is 0 Å². The highest BCUT2D eigenvalue weighted by Crippen LogP contribution is 2.24. The van der Waals surface area contributed by atoms with Crippen molar-refractivity contribution < 1.29 is 19.4 Å². The maximum absolute atomic E-state index is 12.0. The Morgan fingerprint density at radius 1 is 0.923 bits per heavy atom. The fraction of sp³-hybridized carbons (Fsp3) is 0. The molecule has 2 rings (SSSR count). The molecule has 14 heteroatoms. The Kier molecular flexibility index (Phi) is 4.87. The molecule has 1 heterocycles. The molecule has 0 spiro atoms. The maximum Gasteiger partial charge on any atom is 0.326 e. The molecule has 2 aromatic rings. The van der Waals surface area contributed by atoms with Gasteiger partial charge in [-0.05, 0) is 6.07 Å². The Morgan fingerprint density at radius 2 is 1.58 bits per heavy atom. The number of nitro groups is 2. The van der Waals surface area contributed by atoms with Gasteiger partial charge in [0.1, 0.15) is 11.3 Å². The van der Waals surface area contributed by atoms with Crippen LogP contribution in [0.15, 0.2) is 33.9 Å². The summed E-state index contributed by atoms with van der Waals surface area (Å²) in [7, 11) is 0. The SMILES string of the molecule is O=C(NNC(=O)c1ccc([N+](=O)[O-])cc1[N+](=O)[O-])c1cc(=O)[nH]c(=O)[nH]1. The quantitative estimate of drug-likeness (QED) is 0.387. The van der Waals surface area contributed by atoms with Gasteiger partial charge < -0.3 is 4.98 Å². The number of aromatic nitrogens is 2. The number of carbonyl (C=O) groups excluding carboxylic acids is 2. The first-order valence-electron chi connectivity index (χ1n) is 6.56. The zero-order valence-corrected chi connectivity index (χ0v) is 12.5. The third-order valence-corrected chi connectivity index (χ3v) is 2.93. The minimum atomic E-state index is -1.15. The number of hydrogen-bond acceptors (Lipinski definition) is 8. The summed E-state index contributed by atoms with van der Waals surface area (Å²) in [4.78, 5) is 69.5. The van der Waals surface area contributed by atoms with Crippen LogP contribution in [-0.4, -0.2) is 31.6 Å². The van der Waals surface area contributed by atoms with Crippen LogP contribution in [0.3, 0.4) is 0 Å². The largest absolute Gasteiger partial charge is 0.326 e. The van der Waals surface area contributed by atoms with Gasteiger partial charge in [-0.1, -0.05) is 0 Å². The first-order chi connectivity index (χ1) is 12.2. The molecule has 0 radical (unpaired) electrons. The van der Waals surface area contributed by atoms with Gasteiger partial charge in [0.15, 0.2) is 0 Å². The summed E-state index contributed by atoms with van der Waals surface area (Å²) in [6.07, 6.45) is 0. The summed E-state index contributed by atoms with van der Waals surface area (Å²) in [5.74, 6) is -2.22. The van der Waals surface area contributed by atoms with E-state index in [1.807, 2.05) is 20.8 Å². The van der Waals surface area contributed by atoms with E-state index >= 15 is 0 Å². The van der Waals surface area contributed by atoms with E-state index in [9.17, 15) is 39.4 Å². The van der Waals surface area contributed by atoms with E-state index in [0.29, 0.717) is 6.07 Å². The summed E-state index contributed by atoms with van der Waals surface area (Å²) < 4.78 is 0. The number of amides is 2. The Balaban J connectivity index is 2.21. The highest BCUT2D eigenvalue weighted by molar-refractivity contribution is 6.00. The fourth-order valence-corrected chi connectivity index (χ4v) is 1.82. The summed E-state index contributed by atoms with van der Waals surface area (Å²) in [6.45, 7) is 0. The molecular weight excluding hydrogens is 356 g/mol.